The van der Waals surface area contributed by atoms with Gasteiger partial charge in [0.15, 0.2) is 0 Å². The molecule has 0 spiro atoms. The van der Waals surface area contributed by atoms with Gasteiger partial charge in [-0.1, -0.05) is 0 Å². The van der Waals surface area contributed by atoms with Gasteiger partial charge in [-0.2, -0.15) is 12.6 Å². The highest BCUT2D eigenvalue weighted by atomic mass is 32.1. The lowest BCUT2D eigenvalue weighted by atomic mass is 10.4. The molecule has 5 heteroatoms. The minimum Gasteiger partial charge on any atom is -0.355 e. The zero-order valence-electron chi connectivity index (χ0n) is 8.04. The van der Waals surface area contributed by atoms with Gasteiger partial charge >= 0.3 is 0 Å². The summed E-state index contributed by atoms with van der Waals surface area (Å²) >= 11 is 3.86. The molecule has 0 heterocycles. The number of carbonyl (C=O) groups excluding carboxylic acids is 2. The number of carbonyl (C=O) groups is 2. The molecule has 13 heavy (non-hydrogen) atoms. The van der Waals surface area contributed by atoms with Crippen LogP contribution in [0.15, 0.2) is 0 Å². The molecule has 0 aromatic heterocycles. The molecule has 0 aliphatic rings. The van der Waals surface area contributed by atoms with Crippen LogP contribution in [-0.4, -0.2) is 42.1 Å². The Morgan fingerprint density at radius 3 is 2.38 bits per heavy atom. The van der Waals surface area contributed by atoms with E-state index in [4.69, 9.17) is 0 Å². The summed E-state index contributed by atoms with van der Waals surface area (Å²) in [6.07, 6.45) is 0. The Morgan fingerprint density at radius 1 is 1.38 bits per heavy atom. The highest BCUT2D eigenvalue weighted by molar-refractivity contribution is 7.81. The van der Waals surface area contributed by atoms with Gasteiger partial charge in [-0.05, 0) is 13.8 Å². The maximum Gasteiger partial charge on any atom is 0.239 e. The Hall–Kier alpha value is -0.710. The van der Waals surface area contributed by atoms with Crippen molar-refractivity contribution < 1.29 is 9.59 Å². The van der Waals surface area contributed by atoms with Crippen LogP contribution in [0, 0.1) is 0 Å². The van der Waals surface area contributed by atoms with Gasteiger partial charge in [-0.3, -0.25) is 9.59 Å². The van der Waals surface area contributed by atoms with Crippen LogP contribution in [0.4, 0.5) is 0 Å². The fraction of sp³-hybridized carbons (Fsp3) is 0.750. The molecule has 4 nitrogen and oxygen atoms in total. The molecule has 0 atom stereocenters. The van der Waals surface area contributed by atoms with Crippen molar-refractivity contribution in [2.24, 2.45) is 0 Å². The molecule has 0 aromatic rings. The van der Waals surface area contributed by atoms with E-state index in [0.29, 0.717) is 13.1 Å². The lowest BCUT2D eigenvalue weighted by Gasteiger charge is -2.18. The third kappa shape index (κ3) is 4.77. The van der Waals surface area contributed by atoms with Crippen molar-refractivity contribution in [1.29, 1.82) is 0 Å². The van der Waals surface area contributed by atoms with Crippen LogP contribution in [0.3, 0.4) is 0 Å². The number of hydrogen-bond donors (Lipinski definition) is 2. The number of nitrogens with one attached hydrogen (secondary N) is 1. The summed E-state index contributed by atoms with van der Waals surface area (Å²) in [5.41, 5.74) is 0. The van der Waals surface area contributed by atoms with E-state index in [1.807, 2.05) is 13.8 Å². The van der Waals surface area contributed by atoms with Crippen molar-refractivity contribution >= 4 is 24.4 Å². The minimum absolute atomic E-state index is 0.114. The van der Waals surface area contributed by atoms with E-state index in [-0.39, 0.29) is 24.1 Å². The van der Waals surface area contributed by atoms with E-state index in [1.54, 1.807) is 0 Å². The molecule has 0 aliphatic heterocycles. The van der Waals surface area contributed by atoms with Gasteiger partial charge in [-0.25, -0.2) is 0 Å². The molecule has 0 radical (unpaired) electrons. The van der Waals surface area contributed by atoms with Crippen molar-refractivity contribution in [3.63, 3.8) is 0 Å². The first-order valence-corrected chi connectivity index (χ1v) is 4.94. The molecular formula is C8H16N2O2S. The lowest BCUT2D eigenvalue weighted by molar-refractivity contribution is -0.133. The topological polar surface area (TPSA) is 49.4 Å². The normalized spacial score (nSPS) is 9.46. The molecule has 0 fully saturated rings. The first kappa shape index (κ1) is 12.3. The van der Waals surface area contributed by atoms with Gasteiger partial charge in [-0.15, -0.1) is 0 Å². The zero-order valence-corrected chi connectivity index (χ0v) is 8.93. The number of likely N-dealkylation sites (N-methyl/N-ethyl adjacent to an activating group) is 2. The zero-order chi connectivity index (χ0) is 10.3. The van der Waals surface area contributed by atoms with E-state index in [2.05, 4.69) is 17.9 Å². The quantitative estimate of drug-likeness (QED) is 0.614. The van der Waals surface area contributed by atoms with Crippen LogP contribution in [-0.2, 0) is 9.59 Å². The number of thiol groups is 1. The summed E-state index contributed by atoms with van der Waals surface area (Å²) in [7, 11) is 0. The van der Waals surface area contributed by atoms with E-state index in [9.17, 15) is 9.59 Å². The Bertz CT molecular complexity index is 185. The fourth-order valence-electron chi connectivity index (χ4n) is 0.903. The number of hydrogen-bond acceptors (Lipinski definition) is 3. The monoisotopic (exact) mass is 204 g/mol. The van der Waals surface area contributed by atoms with Crippen molar-refractivity contribution in [3.8, 4) is 0 Å². The van der Waals surface area contributed by atoms with Crippen LogP contribution < -0.4 is 5.32 Å². The van der Waals surface area contributed by atoms with Gasteiger partial charge in [0.1, 0.15) is 0 Å². The fourth-order valence-corrected chi connectivity index (χ4v) is 1.10. The van der Waals surface area contributed by atoms with Crippen LogP contribution in [0.2, 0.25) is 0 Å². The van der Waals surface area contributed by atoms with Crippen molar-refractivity contribution in [2.45, 2.75) is 13.8 Å². The molecule has 0 aliphatic carbocycles. The van der Waals surface area contributed by atoms with E-state index in [1.165, 1.54) is 4.90 Å². The average molecular weight is 204 g/mol. The highest BCUT2D eigenvalue weighted by Gasteiger charge is 2.12. The second-order valence-corrected chi connectivity index (χ2v) is 2.84. The summed E-state index contributed by atoms with van der Waals surface area (Å²) in [6, 6.07) is 0. The Morgan fingerprint density at radius 2 is 2.00 bits per heavy atom. The van der Waals surface area contributed by atoms with Crippen molar-refractivity contribution in [3.05, 3.63) is 0 Å². The van der Waals surface area contributed by atoms with E-state index < -0.39 is 0 Å². The van der Waals surface area contributed by atoms with Gasteiger partial charge in [0.2, 0.25) is 11.8 Å². The predicted molar refractivity (Wildman–Crippen MR) is 54.8 cm³/mol. The van der Waals surface area contributed by atoms with Gasteiger partial charge in [0.05, 0.1) is 12.3 Å². The van der Waals surface area contributed by atoms with E-state index in [0.717, 1.165) is 0 Å². The first-order valence-electron chi connectivity index (χ1n) is 4.31. The molecule has 0 saturated carbocycles. The van der Waals surface area contributed by atoms with Crippen molar-refractivity contribution in [2.75, 3.05) is 25.4 Å². The third-order valence-corrected chi connectivity index (χ3v) is 1.85. The second-order valence-electron chi connectivity index (χ2n) is 2.52. The lowest BCUT2D eigenvalue weighted by Crippen LogP contribution is -2.41. The number of amides is 2. The molecule has 0 unspecified atom stereocenters. The molecule has 0 bridgehead atoms. The first-order chi connectivity index (χ1) is 6.15. The molecule has 76 valence electrons. The molecule has 2 amide bonds. The predicted octanol–water partition coefficient (Wildman–Crippen LogP) is -0.0992. The van der Waals surface area contributed by atoms with Crippen LogP contribution in [0.5, 0.6) is 0 Å². The van der Waals surface area contributed by atoms with Crippen molar-refractivity contribution in [1.82, 2.24) is 10.2 Å². The standard InChI is InChI=1S/C8H16N2O2S/c1-3-9-7(11)5-10(4-2)8(12)6-13/h13H,3-6H2,1-2H3,(H,9,11). The summed E-state index contributed by atoms with van der Waals surface area (Å²) in [5.74, 6) is -0.0932. The SMILES string of the molecule is CCNC(=O)CN(CC)C(=O)CS. The summed E-state index contributed by atoms with van der Waals surface area (Å²) in [4.78, 5) is 23.7. The van der Waals surface area contributed by atoms with Gasteiger partial charge < -0.3 is 10.2 Å². The molecular weight excluding hydrogens is 188 g/mol. The van der Waals surface area contributed by atoms with E-state index >= 15 is 0 Å². The molecule has 0 saturated heterocycles. The second kappa shape index (κ2) is 6.77. The smallest absolute Gasteiger partial charge is 0.239 e. The molecule has 1 N–H and O–H groups in total. The summed E-state index contributed by atoms with van der Waals surface area (Å²) in [6.45, 7) is 4.93. The van der Waals surface area contributed by atoms with Gasteiger partial charge in [0, 0.05) is 13.1 Å². The molecule has 0 aromatic carbocycles. The Balaban J connectivity index is 3.97. The number of rotatable bonds is 5. The largest absolute Gasteiger partial charge is 0.355 e. The van der Waals surface area contributed by atoms with Gasteiger partial charge in [0.25, 0.3) is 0 Å². The van der Waals surface area contributed by atoms with Crippen LogP contribution in [0.1, 0.15) is 13.8 Å². The van der Waals surface area contributed by atoms with Crippen LogP contribution in [0.25, 0.3) is 0 Å². The van der Waals surface area contributed by atoms with Crippen LogP contribution >= 0.6 is 12.6 Å². The Labute approximate surface area is 84.1 Å². The molecule has 0 rings (SSSR count). The highest BCUT2D eigenvalue weighted by Crippen LogP contribution is 1.91. The summed E-state index contributed by atoms with van der Waals surface area (Å²) in [5, 5.41) is 2.63. The number of nitrogens with zero attached hydrogens (tertiary/aromatic N) is 1. The maximum absolute atomic E-state index is 11.2. The average Bonchev–Trinajstić information content (AvgIpc) is 2.13. The third-order valence-electron chi connectivity index (χ3n) is 1.58. The minimum atomic E-state index is -0.125. The maximum atomic E-state index is 11.2. The summed E-state index contributed by atoms with van der Waals surface area (Å²) < 4.78 is 0. The Kier molecular flexibility index (Phi) is 6.40.